The molecule has 0 aliphatic rings. The quantitative estimate of drug-likeness (QED) is 0.807. The second-order valence-electron chi connectivity index (χ2n) is 4.66. The number of methoxy groups -OCH3 is 1. The summed E-state index contributed by atoms with van der Waals surface area (Å²) in [5.41, 5.74) is 2.28. The van der Waals surface area contributed by atoms with Crippen LogP contribution in [0.2, 0.25) is 0 Å². The number of rotatable bonds is 7. The van der Waals surface area contributed by atoms with E-state index in [1.54, 1.807) is 13.3 Å². The van der Waals surface area contributed by atoms with Gasteiger partial charge >= 0.3 is 0 Å². The summed E-state index contributed by atoms with van der Waals surface area (Å²) in [6.07, 6.45) is 2.59. The highest BCUT2D eigenvalue weighted by atomic mass is 16.5. The molecule has 0 bridgehead atoms. The van der Waals surface area contributed by atoms with Crippen molar-refractivity contribution in [1.82, 2.24) is 10.3 Å². The van der Waals surface area contributed by atoms with Crippen LogP contribution in [0.3, 0.4) is 0 Å². The first-order valence-corrected chi connectivity index (χ1v) is 6.69. The Hall–Kier alpha value is -1.91. The molecule has 2 N–H and O–H groups in total. The van der Waals surface area contributed by atoms with Gasteiger partial charge in [-0.15, -0.1) is 0 Å². The van der Waals surface area contributed by atoms with Crippen molar-refractivity contribution in [2.45, 2.75) is 19.0 Å². The molecule has 1 aromatic carbocycles. The summed E-state index contributed by atoms with van der Waals surface area (Å²) in [6, 6.07) is 14.0. The number of nitrogens with one attached hydrogen (secondary N) is 1. The zero-order valence-electron chi connectivity index (χ0n) is 11.6. The molecular formula is C16H20N2O2. The highest BCUT2D eigenvalue weighted by Gasteiger charge is 2.08. The van der Waals surface area contributed by atoms with Gasteiger partial charge < -0.3 is 15.2 Å². The van der Waals surface area contributed by atoms with Crippen molar-refractivity contribution < 1.29 is 9.84 Å². The van der Waals surface area contributed by atoms with Crippen molar-refractivity contribution in [3.8, 4) is 5.88 Å². The number of hydrogen-bond donors (Lipinski definition) is 2. The van der Waals surface area contributed by atoms with Gasteiger partial charge in [0.25, 0.3) is 0 Å². The third-order valence-corrected chi connectivity index (χ3v) is 3.15. The fourth-order valence-electron chi connectivity index (χ4n) is 2.00. The van der Waals surface area contributed by atoms with Gasteiger partial charge in [0.2, 0.25) is 5.88 Å². The molecule has 1 heterocycles. The lowest BCUT2D eigenvalue weighted by atomic mass is 10.1. The van der Waals surface area contributed by atoms with E-state index in [1.807, 2.05) is 30.3 Å². The summed E-state index contributed by atoms with van der Waals surface area (Å²) in [7, 11) is 1.60. The van der Waals surface area contributed by atoms with E-state index in [-0.39, 0.29) is 12.6 Å². The maximum Gasteiger partial charge on any atom is 0.212 e. The number of benzene rings is 1. The van der Waals surface area contributed by atoms with Crippen LogP contribution in [-0.2, 0) is 13.0 Å². The Morgan fingerprint density at radius 1 is 1.15 bits per heavy atom. The molecular weight excluding hydrogens is 252 g/mol. The Bertz CT molecular complexity index is 500. The summed E-state index contributed by atoms with van der Waals surface area (Å²) in [4.78, 5) is 4.16. The molecule has 0 radical (unpaired) electrons. The molecule has 0 spiro atoms. The Morgan fingerprint density at radius 2 is 1.95 bits per heavy atom. The fraction of sp³-hybridized carbons (Fsp3) is 0.312. The van der Waals surface area contributed by atoms with E-state index < -0.39 is 0 Å². The van der Waals surface area contributed by atoms with Gasteiger partial charge in [0.15, 0.2) is 0 Å². The number of aliphatic hydroxyl groups excluding tert-OH is 1. The van der Waals surface area contributed by atoms with E-state index in [0.717, 1.165) is 12.0 Å². The minimum atomic E-state index is 0.0412. The van der Waals surface area contributed by atoms with Crippen molar-refractivity contribution in [3.63, 3.8) is 0 Å². The number of aromatic nitrogens is 1. The smallest absolute Gasteiger partial charge is 0.212 e. The maximum absolute atomic E-state index is 9.45. The first-order valence-electron chi connectivity index (χ1n) is 6.69. The molecule has 2 rings (SSSR count). The van der Waals surface area contributed by atoms with Crippen molar-refractivity contribution in [2.24, 2.45) is 0 Å². The van der Waals surface area contributed by atoms with Crippen molar-refractivity contribution in [1.29, 1.82) is 0 Å². The first kappa shape index (κ1) is 14.5. The van der Waals surface area contributed by atoms with E-state index in [4.69, 9.17) is 4.74 Å². The van der Waals surface area contributed by atoms with Crippen molar-refractivity contribution in [2.75, 3.05) is 13.7 Å². The summed E-state index contributed by atoms with van der Waals surface area (Å²) in [6.45, 7) is 0.785. The van der Waals surface area contributed by atoms with Crippen molar-refractivity contribution in [3.05, 3.63) is 59.8 Å². The number of nitrogens with zero attached hydrogens (tertiary/aromatic N) is 1. The largest absolute Gasteiger partial charge is 0.481 e. The zero-order chi connectivity index (χ0) is 14.2. The average molecular weight is 272 g/mol. The number of ether oxygens (including phenoxy) is 1. The van der Waals surface area contributed by atoms with Crippen LogP contribution in [0.25, 0.3) is 0 Å². The van der Waals surface area contributed by atoms with Crippen LogP contribution in [0.1, 0.15) is 11.1 Å². The van der Waals surface area contributed by atoms with Gasteiger partial charge in [0.1, 0.15) is 0 Å². The average Bonchev–Trinajstić information content (AvgIpc) is 2.53. The standard InChI is InChI=1S/C16H20N2O2/c1-20-16-8-7-14(11-18-16)10-17-15(12-19)9-13-5-3-2-4-6-13/h2-8,11,15,17,19H,9-10,12H2,1H3/t15-/m1/s1. The predicted molar refractivity (Wildman–Crippen MR) is 78.6 cm³/mol. The van der Waals surface area contributed by atoms with Gasteiger partial charge in [0, 0.05) is 24.8 Å². The highest BCUT2D eigenvalue weighted by Crippen LogP contribution is 2.07. The van der Waals surface area contributed by atoms with E-state index in [9.17, 15) is 5.11 Å². The molecule has 0 saturated carbocycles. The lowest BCUT2D eigenvalue weighted by Gasteiger charge is -2.16. The molecule has 0 aliphatic carbocycles. The molecule has 1 aromatic heterocycles. The minimum Gasteiger partial charge on any atom is -0.481 e. The van der Waals surface area contributed by atoms with Gasteiger partial charge in [-0.25, -0.2) is 4.98 Å². The zero-order valence-corrected chi connectivity index (χ0v) is 11.6. The molecule has 0 amide bonds. The summed E-state index contributed by atoms with van der Waals surface area (Å²) in [5, 5.41) is 12.8. The van der Waals surface area contributed by atoms with Crippen molar-refractivity contribution >= 4 is 0 Å². The molecule has 4 nitrogen and oxygen atoms in total. The molecule has 4 heteroatoms. The Morgan fingerprint density at radius 3 is 2.55 bits per heavy atom. The fourth-order valence-corrected chi connectivity index (χ4v) is 2.00. The summed E-state index contributed by atoms with van der Waals surface area (Å²) < 4.78 is 5.02. The first-order chi connectivity index (χ1) is 9.81. The van der Waals surface area contributed by atoms with Crippen LogP contribution in [0.5, 0.6) is 5.88 Å². The van der Waals surface area contributed by atoms with Crippen LogP contribution in [0.4, 0.5) is 0 Å². The molecule has 0 saturated heterocycles. The highest BCUT2D eigenvalue weighted by molar-refractivity contribution is 5.18. The second kappa shape index (κ2) is 7.62. The van der Waals surface area contributed by atoms with Crippen LogP contribution >= 0.6 is 0 Å². The third kappa shape index (κ3) is 4.33. The molecule has 0 fully saturated rings. The van der Waals surface area contributed by atoms with E-state index in [0.29, 0.717) is 12.4 Å². The monoisotopic (exact) mass is 272 g/mol. The maximum atomic E-state index is 9.45. The van der Waals surface area contributed by atoms with E-state index in [2.05, 4.69) is 22.4 Å². The lowest BCUT2D eigenvalue weighted by Crippen LogP contribution is -2.34. The van der Waals surface area contributed by atoms with Crippen LogP contribution < -0.4 is 10.1 Å². The Labute approximate surface area is 119 Å². The predicted octanol–water partition coefficient (Wildman–Crippen LogP) is 1.78. The topological polar surface area (TPSA) is 54.4 Å². The van der Waals surface area contributed by atoms with Gasteiger partial charge in [-0.1, -0.05) is 36.4 Å². The van der Waals surface area contributed by atoms with Gasteiger partial charge in [-0.05, 0) is 17.5 Å². The molecule has 0 unspecified atom stereocenters. The molecule has 2 aromatic rings. The van der Waals surface area contributed by atoms with Crippen LogP contribution in [-0.4, -0.2) is 29.8 Å². The molecule has 0 aliphatic heterocycles. The molecule has 1 atom stereocenters. The van der Waals surface area contributed by atoms with Gasteiger partial charge in [-0.3, -0.25) is 0 Å². The minimum absolute atomic E-state index is 0.0412. The third-order valence-electron chi connectivity index (χ3n) is 3.15. The Balaban J connectivity index is 1.86. The van der Waals surface area contributed by atoms with Gasteiger partial charge in [-0.2, -0.15) is 0 Å². The summed E-state index contributed by atoms with van der Waals surface area (Å²) in [5.74, 6) is 0.608. The van der Waals surface area contributed by atoms with Crippen LogP contribution in [0.15, 0.2) is 48.7 Å². The Kier molecular flexibility index (Phi) is 5.53. The number of pyridine rings is 1. The van der Waals surface area contributed by atoms with Gasteiger partial charge in [0.05, 0.1) is 13.7 Å². The SMILES string of the molecule is COc1ccc(CN[C@@H](CO)Cc2ccccc2)cn1. The van der Waals surface area contributed by atoms with Crippen LogP contribution in [0, 0.1) is 0 Å². The number of aliphatic hydroxyl groups is 1. The lowest BCUT2D eigenvalue weighted by molar-refractivity contribution is 0.240. The normalized spacial score (nSPS) is 12.1. The summed E-state index contributed by atoms with van der Waals surface area (Å²) >= 11 is 0. The number of hydrogen-bond acceptors (Lipinski definition) is 4. The van der Waals surface area contributed by atoms with E-state index in [1.165, 1.54) is 5.56 Å². The van der Waals surface area contributed by atoms with E-state index >= 15 is 0 Å². The second-order valence-corrected chi connectivity index (χ2v) is 4.66. The molecule has 20 heavy (non-hydrogen) atoms. The molecule has 106 valence electrons.